The van der Waals surface area contributed by atoms with Gasteiger partial charge in [0, 0.05) is 19.3 Å². The Morgan fingerprint density at radius 1 is 1.17 bits per heavy atom. The van der Waals surface area contributed by atoms with Crippen molar-refractivity contribution >= 4 is 23.1 Å². The number of aliphatic hydroxyl groups excluding tert-OH is 1. The summed E-state index contributed by atoms with van der Waals surface area (Å²) in [5, 5.41) is 11.5. The van der Waals surface area contributed by atoms with E-state index in [4.69, 9.17) is 9.47 Å². The number of methoxy groups -OCH3 is 1. The fraction of sp³-hybridized carbons (Fsp3) is 0.370. The lowest BCUT2D eigenvalue weighted by molar-refractivity contribution is -0.140. The van der Waals surface area contributed by atoms with Gasteiger partial charge in [-0.15, -0.1) is 0 Å². The summed E-state index contributed by atoms with van der Waals surface area (Å²) in [7, 11) is 5.33. The van der Waals surface area contributed by atoms with Gasteiger partial charge in [0.1, 0.15) is 11.3 Å². The molecule has 1 unspecified atom stereocenters. The molecule has 1 aliphatic heterocycles. The average molecular weight is 493 g/mol. The fourth-order valence-corrected chi connectivity index (χ4v) is 4.57. The average Bonchev–Trinajstić information content (AvgIpc) is 3.32. The van der Waals surface area contributed by atoms with Crippen molar-refractivity contribution in [2.24, 2.45) is 0 Å². The van der Waals surface area contributed by atoms with Gasteiger partial charge in [-0.05, 0) is 64.2 Å². The first-order chi connectivity index (χ1) is 17.2. The van der Waals surface area contributed by atoms with Crippen LogP contribution in [0.3, 0.4) is 0 Å². The minimum Gasteiger partial charge on any atom is -0.505 e. The van der Waals surface area contributed by atoms with Crippen molar-refractivity contribution in [2.45, 2.75) is 26.8 Å². The fourth-order valence-electron chi connectivity index (χ4n) is 4.57. The molecule has 9 nitrogen and oxygen atoms in total. The summed E-state index contributed by atoms with van der Waals surface area (Å²) in [5.41, 5.74) is 3.20. The highest BCUT2D eigenvalue weighted by Gasteiger charge is 2.46. The van der Waals surface area contributed by atoms with E-state index in [1.54, 1.807) is 18.2 Å². The number of imidazole rings is 1. The monoisotopic (exact) mass is 492 g/mol. The third-order valence-corrected chi connectivity index (χ3v) is 6.44. The zero-order valence-electron chi connectivity index (χ0n) is 21.5. The molecule has 0 saturated carbocycles. The number of hydrogen-bond donors (Lipinski definition) is 1. The predicted octanol–water partition coefficient (Wildman–Crippen LogP) is 3.34. The second-order valence-corrected chi connectivity index (χ2v) is 9.07. The number of amides is 1. The SMILES string of the molecule is CCOc1ccc(C2/C(=C(\O)c3nc4c(C)cccn4c3C)C(=O)C(=O)N2CCN(C)C)cc1OC. The minimum absolute atomic E-state index is 0.00845. The molecule has 1 aliphatic rings. The number of carbonyl (C=O) groups excluding carboxylic acids is 2. The van der Waals surface area contributed by atoms with Crippen LogP contribution in [0.5, 0.6) is 11.5 Å². The quantitative estimate of drug-likeness (QED) is 0.293. The number of likely N-dealkylation sites (tertiary alicyclic amines) is 1. The molecule has 1 atom stereocenters. The third-order valence-electron chi connectivity index (χ3n) is 6.44. The van der Waals surface area contributed by atoms with Crippen molar-refractivity contribution in [3.63, 3.8) is 0 Å². The zero-order chi connectivity index (χ0) is 26.1. The highest BCUT2D eigenvalue weighted by atomic mass is 16.5. The van der Waals surface area contributed by atoms with E-state index in [1.165, 1.54) is 12.0 Å². The van der Waals surface area contributed by atoms with Crippen LogP contribution in [0, 0.1) is 13.8 Å². The molecule has 190 valence electrons. The summed E-state index contributed by atoms with van der Waals surface area (Å²) in [6.45, 7) is 6.94. The molecule has 2 aromatic heterocycles. The van der Waals surface area contributed by atoms with E-state index in [0.717, 1.165) is 5.56 Å². The topological polar surface area (TPSA) is 96.6 Å². The zero-order valence-corrected chi connectivity index (χ0v) is 21.5. The van der Waals surface area contributed by atoms with Gasteiger partial charge in [0.15, 0.2) is 17.3 Å². The number of hydrogen-bond acceptors (Lipinski definition) is 7. The number of rotatable bonds is 8. The van der Waals surface area contributed by atoms with Gasteiger partial charge < -0.3 is 28.8 Å². The molecular formula is C27H32N4O5. The molecule has 4 rings (SSSR count). The van der Waals surface area contributed by atoms with Crippen LogP contribution in [0.2, 0.25) is 0 Å². The van der Waals surface area contributed by atoms with Crippen molar-refractivity contribution in [2.75, 3.05) is 40.9 Å². The van der Waals surface area contributed by atoms with E-state index < -0.39 is 17.7 Å². The Labute approximate surface area is 210 Å². The first-order valence-electron chi connectivity index (χ1n) is 11.9. The lowest BCUT2D eigenvalue weighted by atomic mass is 9.96. The third kappa shape index (κ3) is 4.30. The van der Waals surface area contributed by atoms with Crippen molar-refractivity contribution in [3.05, 3.63) is 64.6 Å². The van der Waals surface area contributed by atoms with E-state index in [2.05, 4.69) is 4.98 Å². The molecule has 3 heterocycles. The summed E-state index contributed by atoms with van der Waals surface area (Å²) >= 11 is 0. The maximum Gasteiger partial charge on any atom is 0.295 e. The number of ether oxygens (including phenoxy) is 2. The second-order valence-electron chi connectivity index (χ2n) is 9.07. The Morgan fingerprint density at radius 3 is 2.56 bits per heavy atom. The number of carbonyl (C=O) groups is 2. The number of benzene rings is 1. The minimum atomic E-state index is -0.806. The predicted molar refractivity (Wildman–Crippen MR) is 136 cm³/mol. The molecular weight excluding hydrogens is 460 g/mol. The first kappa shape index (κ1) is 25.2. The Morgan fingerprint density at radius 2 is 1.92 bits per heavy atom. The molecule has 0 bridgehead atoms. The van der Waals surface area contributed by atoms with E-state index in [1.807, 2.05) is 62.5 Å². The molecule has 0 spiro atoms. The normalized spacial score (nSPS) is 17.4. The van der Waals surface area contributed by atoms with E-state index in [9.17, 15) is 14.7 Å². The highest BCUT2D eigenvalue weighted by Crippen LogP contribution is 2.42. The number of likely N-dealkylation sites (N-methyl/N-ethyl adjacent to an activating group) is 1. The van der Waals surface area contributed by atoms with E-state index in [-0.39, 0.29) is 17.0 Å². The van der Waals surface area contributed by atoms with Gasteiger partial charge in [0.05, 0.1) is 31.0 Å². The van der Waals surface area contributed by atoms with Crippen LogP contribution >= 0.6 is 0 Å². The Balaban J connectivity index is 1.92. The molecule has 1 N–H and O–H groups in total. The van der Waals surface area contributed by atoms with Crippen LogP contribution in [0.1, 0.15) is 35.5 Å². The Hall–Kier alpha value is -3.85. The number of ketones is 1. The molecule has 0 aliphatic carbocycles. The first-order valence-corrected chi connectivity index (χ1v) is 11.9. The largest absolute Gasteiger partial charge is 0.505 e. The second kappa shape index (κ2) is 10.0. The van der Waals surface area contributed by atoms with Crippen LogP contribution in [0.4, 0.5) is 0 Å². The van der Waals surface area contributed by atoms with E-state index >= 15 is 0 Å². The molecule has 1 aromatic carbocycles. The standard InChI is InChI=1S/C27H32N4O5/c1-7-36-19-11-10-18(15-20(19)35-6)23-21(25(33)27(34)31(23)14-13-29(4)5)24(32)22-17(3)30-12-8-9-16(2)26(30)28-22/h8-12,15,23,32H,7,13-14H2,1-6H3/b24-21+. The number of nitrogens with zero attached hydrogens (tertiary/aromatic N) is 4. The molecule has 3 aromatic rings. The summed E-state index contributed by atoms with van der Waals surface area (Å²) in [4.78, 5) is 34.6. The summed E-state index contributed by atoms with van der Waals surface area (Å²) < 4.78 is 13.0. The molecule has 1 amide bonds. The van der Waals surface area contributed by atoms with Crippen LogP contribution in [0.25, 0.3) is 11.4 Å². The molecule has 0 radical (unpaired) electrons. The summed E-state index contributed by atoms with van der Waals surface area (Å²) in [5.74, 6) is -0.655. The maximum absolute atomic E-state index is 13.4. The molecule has 36 heavy (non-hydrogen) atoms. The van der Waals surface area contributed by atoms with Gasteiger partial charge in [-0.2, -0.15) is 0 Å². The molecule has 1 fully saturated rings. The maximum atomic E-state index is 13.4. The number of aryl methyl sites for hydroxylation is 2. The van der Waals surface area contributed by atoms with E-state index in [0.29, 0.717) is 48.1 Å². The van der Waals surface area contributed by atoms with Gasteiger partial charge in [0.2, 0.25) is 0 Å². The van der Waals surface area contributed by atoms with Crippen molar-refractivity contribution in [1.29, 1.82) is 0 Å². The highest BCUT2D eigenvalue weighted by molar-refractivity contribution is 6.46. The lowest BCUT2D eigenvalue weighted by Crippen LogP contribution is -2.35. The van der Waals surface area contributed by atoms with Crippen LogP contribution < -0.4 is 9.47 Å². The Bertz CT molecular complexity index is 1360. The van der Waals surface area contributed by atoms with Gasteiger partial charge >= 0.3 is 0 Å². The molecule has 1 saturated heterocycles. The summed E-state index contributed by atoms with van der Waals surface area (Å²) in [6, 6.07) is 8.31. The van der Waals surface area contributed by atoms with Crippen molar-refractivity contribution in [3.8, 4) is 11.5 Å². The number of Topliss-reactive ketones (excluding diaryl/α,β-unsaturated/α-hetero) is 1. The number of aliphatic hydroxyl groups is 1. The van der Waals surface area contributed by atoms with Crippen LogP contribution in [-0.4, -0.2) is 76.9 Å². The van der Waals surface area contributed by atoms with Gasteiger partial charge in [-0.1, -0.05) is 12.1 Å². The number of fused-ring (bicyclic) bond motifs is 1. The van der Waals surface area contributed by atoms with Crippen LogP contribution in [-0.2, 0) is 9.59 Å². The Kier molecular flexibility index (Phi) is 7.03. The molecule has 9 heteroatoms. The lowest BCUT2D eigenvalue weighted by Gasteiger charge is -2.27. The van der Waals surface area contributed by atoms with Crippen molar-refractivity contribution < 1.29 is 24.2 Å². The number of pyridine rings is 1. The van der Waals surface area contributed by atoms with Crippen molar-refractivity contribution in [1.82, 2.24) is 19.2 Å². The van der Waals surface area contributed by atoms with Gasteiger partial charge in [0.25, 0.3) is 11.7 Å². The van der Waals surface area contributed by atoms with Gasteiger partial charge in [-0.25, -0.2) is 4.98 Å². The summed E-state index contributed by atoms with van der Waals surface area (Å²) in [6.07, 6.45) is 1.85. The van der Waals surface area contributed by atoms with Crippen LogP contribution in [0.15, 0.2) is 42.1 Å². The van der Waals surface area contributed by atoms with Gasteiger partial charge in [-0.3, -0.25) is 9.59 Å². The number of aromatic nitrogens is 2. The smallest absolute Gasteiger partial charge is 0.295 e.